The zero-order valence-electron chi connectivity index (χ0n) is 12.1. The van der Waals surface area contributed by atoms with Crippen LogP contribution in [0.3, 0.4) is 0 Å². The summed E-state index contributed by atoms with van der Waals surface area (Å²) in [6.45, 7) is 4.48. The fourth-order valence-electron chi connectivity index (χ4n) is 2.03. The van der Waals surface area contributed by atoms with Gasteiger partial charge in [-0.1, -0.05) is 25.4 Å². The Morgan fingerprint density at radius 2 is 1.95 bits per heavy atom. The minimum absolute atomic E-state index is 0.229. The minimum atomic E-state index is -0.750. The first-order valence-electron chi connectivity index (χ1n) is 6.24. The van der Waals surface area contributed by atoms with Gasteiger partial charge in [-0.2, -0.15) is 0 Å². The SMILES string of the molecule is CNCC(O)c1c(Cl)c(C(C)C)cc(OC)c1OC. The Kier molecular flexibility index (Phi) is 5.91. The number of hydrogen-bond acceptors (Lipinski definition) is 4. The number of aliphatic hydroxyl groups is 1. The Morgan fingerprint density at radius 1 is 1.32 bits per heavy atom. The number of nitrogens with one attached hydrogen (secondary N) is 1. The predicted molar refractivity (Wildman–Crippen MR) is 77.5 cm³/mol. The van der Waals surface area contributed by atoms with Crippen LogP contribution >= 0.6 is 11.6 Å². The van der Waals surface area contributed by atoms with Crippen LogP contribution < -0.4 is 14.8 Å². The average molecular weight is 288 g/mol. The van der Waals surface area contributed by atoms with E-state index in [1.54, 1.807) is 21.3 Å². The van der Waals surface area contributed by atoms with Crippen molar-refractivity contribution in [3.8, 4) is 11.5 Å². The maximum Gasteiger partial charge on any atom is 0.168 e. The van der Waals surface area contributed by atoms with E-state index in [0.717, 1.165) is 5.56 Å². The highest BCUT2D eigenvalue weighted by Gasteiger charge is 2.24. The molecule has 0 amide bonds. The zero-order chi connectivity index (χ0) is 14.6. The zero-order valence-corrected chi connectivity index (χ0v) is 12.8. The third kappa shape index (κ3) is 3.32. The molecule has 0 aromatic heterocycles. The summed E-state index contributed by atoms with van der Waals surface area (Å²) in [5, 5.41) is 13.7. The van der Waals surface area contributed by atoms with Gasteiger partial charge in [0, 0.05) is 12.1 Å². The number of rotatable bonds is 6. The van der Waals surface area contributed by atoms with Crippen LogP contribution in [-0.4, -0.2) is 32.9 Å². The van der Waals surface area contributed by atoms with E-state index in [0.29, 0.717) is 28.6 Å². The van der Waals surface area contributed by atoms with E-state index in [4.69, 9.17) is 21.1 Å². The molecule has 1 unspecified atom stereocenters. The fraction of sp³-hybridized carbons (Fsp3) is 0.571. The molecule has 2 N–H and O–H groups in total. The summed E-state index contributed by atoms with van der Waals surface area (Å²) in [5.74, 6) is 1.30. The molecule has 0 saturated heterocycles. The van der Waals surface area contributed by atoms with Gasteiger partial charge < -0.3 is 19.9 Å². The standard InChI is InChI=1S/C14H22ClNO3/c1-8(2)9-6-11(18-4)14(19-5)12(13(9)15)10(17)7-16-3/h6,8,10,16-17H,7H2,1-5H3. The van der Waals surface area contributed by atoms with Crippen LogP contribution in [0, 0.1) is 0 Å². The third-order valence-electron chi connectivity index (χ3n) is 3.02. The monoisotopic (exact) mass is 287 g/mol. The molecule has 1 rings (SSSR count). The van der Waals surface area contributed by atoms with Gasteiger partial charge in [-0.3, -0.25) is 0 Å². The maximum atomic E-state index is 10.3. The molecule has 1 atom stereocenters. The highest BCUT2D eigenvalue weighted by atomic mass is 35.5. The second kappa shape index (κ2) is 6.98. The maximum absolute atomic E-state index is 10.3. The summed E-state index contributed by atoms with van der Waals surface area (Å²) in [7, 11) is 4.88. The highest BCUT2D eigenvalue weighted by molar-refractivity contribution is 6.32. The second-order valence-electron chi connectivity index (χ2n) is 4.66. The topological polar surface area (TPSA) is 50.7 Å². The number of aliphatic hydroxyl groups excluding tert-OH is 1. The van der Waals surface area contributed by atoms with Crippen molar-refractivity contribution in [2.75, 3.05) is 27.8 Å². The summed E-state index contributed by atoms with van der Waals surface area (Å²) in [4.78, 5) is 0. The first-order chi connectivity index (χ1) is 8.97. The van der Waals surface area contributed by atoms with Crippen LogP contribution in [0.1, 0.15) is 37.0 Å². The number of hydrogen-bond donors (Lipinski definition) is 2. The first-order valence-corrected chi connectivity index (χ1v) is 6.62. The molecule has 5 heteroatoms. The largest absolute Gasteiger partial charge is 0.493 e. The summed E-state index contributed by atoms with van der Waals surface area (Å²) >= 11 is 6.42. The van der Waals surface area contributed by atoms with Gasteiger partial charge in [0.2, 0.25) is 0 Å². The molecule has 19 heavy (non-hydrogen) atoms. The molecule has 1 aromatic carbocycles. The second-order valence-corrected chi connectivity index (χ2v) is 5.04. The van der Waals surface area contributed by atoms with Crippen LogP contribution in [0.4, 0.5) is 0 Å². The highest BCUT2D eigenvalue weighted by Crippen LogP contribution is 2.43. The molecular formula is C14H22ClNO3. The Labute approximate surface area is 119 Å². The van der Waals surface area contributed by atoms with Crippen molar-refractivity contribution in [2.24, 2.45) is 0 Å². The number of ether oxygens (including phenoxy) is 2. The smallest absolute Gasteiger partial charge is 0.168 e. The van der Waals surface area contributed by atoms with Gasteiger partial charge in [-0.05, 0) is 24.6 Å². The van der Waals surface area contributed by atoms with Crippen molar-refractivity contribution in [2.45, 2.75) is 25.9 Å². The molecule has 1 aromatic rings. The molecule has 108 valence electrons. The van der Waals surface area contributed by atoms with E-state index in [-0.39, 0.29) is 5.92 Å². The lowest BCUT2D eigenvalue weighted by molar-refractivity contribution is 0.172. The van der Waals surface area contributed by atoms with Gasteiger partial charge in [0.15, 0.2) is 11.5 Å². The molecule has 0 saturated carbocycles. The lowest BCUT2D eigenvalue weighted by Gasteiger charge is -2.22. The predicted octanol–water partition coefficient (Wildman–Crippen LogP) is 2.73. The molecule has 0 aliphatic heterocycles. The van der Waals surface area contributed by atoms with Crippen molar-refractivity contribution in [3.05, 3.63) is 22.2 Å². The van der Waals surface area contributed by atoms with Crippen LogP contribution in [0.25, 0.3) is 0 Å². The number of methoxy groups -OCH3 is 2. The van der Waals surface area contributed by atoms with E-state index in [1.807, 2.05) is 19.9 Å². The van der Waals surface area contributed by atoms with E-state index in [9.17, 15) is 5.11 Å². The average Bonchev–Trinajstić information content (AvgIpc) is 2.37. The quantitative estimate of drug-likeness (QED) is 0.845. The summed E-state index contributed by atoms with van der Waals surface area (Å²) < 4.78 is 10.7. The van der Waals surface area contributed by atoms with Crippen molar-refractivity contribution < 1.29 is 14.6 Å². The number of halogens is 1. The van der Waals surface area contributed by atoms with E-state index in [1.165, 1.54) is 0 Å². The minimum Gasteiger partial charge on any atom is -0.493 e. The molecule has 0 heterocycles. The lowest BCUT2D eigenvalue weighted by atomic mass is 9.96. The van der Waals surface area contributed by atoms with Gasteiger partial charge in [0.05, 0.1) is 25.3 Å². The van der Waals surface area contributed by atoms with Crippen LogP contribution in [0.15, 0.2) is 6.07 Å². The van der Waals surface area contributed by atoms with E-state index >= 15 is 0 Å². The molecule has 0 aliphatic rings. The molecule has 0 radical (unpaired) electrons. The number of likely N-dealkylation sites (N-methyl/N-ethyl adjacent to an activating group) is 1. The van der Waals surface area contributed by atoms with Crippen molar-refractivity contribution in [1.82, 2.24) is 5.32 Å². The van der Waals surface area contributed by atoms with E-state index in [2.05, 4.69) is 5.32 Å². The van der Waals surface area contributed by atoms with Crippen molar-refractivity contribution in [3.63, 3.8) is 0 Å². The van der Waals surface area contributed by atoms with E-state index < -0.39 is 6.10 Å². The van der Waals surface area contributed by atoms with Crippen LogP contribution in [0.2, 0.25) is 5.02 Å². The van der Waals surface area contributed by atoms with Gasteiger partial charge in [0.25, 0.3) is 0 Å². The van der Waals surface area contributed by atoms with Crippen LogP contribution in [0.5, 0.6) is 11.5 Å². The third-order valence-corrected chi connectivity index (χ3v) is 3.44. The van der Waals surface area contributed by atoms with Crippen LogP contribution in [-0.2, 0) is 0 Å². The molecule has 4 nitrogen and oxygen atoms in total. The summed E-state index contributed by atoms with van der Waals surface area (Å²) in [6.07, 6.45) is -0.750. The molecular weight excluding hydrogens is 266 g/mol. The molecule has 0 spiro atoms. The Balaban J connectivity index is 3.49. The molecule has 0 fully saturated rings. The Hall–Kier alpha value is -0.970. The summed E-state index contributed by atoms with van der Waals surface area (Å²) in [5.41, 5.74) is 1.51. The van der Waals surface area contributed by atoms with Crippen molar-refractivity contribution >= 4 is 11.6 Å². The normalized spacial score (nSPS) is 12.6. The lowest BCUT2D eigenvalue weighted by Crippen LogP contribution is -2.18. The first kappa shape index (κ1) is 16.1. The van der Waals surface area contributed by atoms with Gasteiger partial charge >= 0.3 is 0 Å². The Bertz CT molecular complexity index is 435. The fourth-order valence-corrected chi connectivity index (χ4v) is 2.52. The molecule has 0 aliphatic carbocycles. The number of benzene rings is 1. The van der Waals surface area contributed by atoms with Crippen molar-refractivity contribution in [1.29, 1.82) is 0 Å². The Morgan fingerprint density at radius 3 is 2.37 bits per heavy atom. The van der Waals surface area contributed by atoms with Gasteiger partial charge in [-0.15, -0.1) is 0 Å². The summed E-state index contributed by atoms with van der Waals surface area (Å²) in [6, 6.07) is 1.86. The van der Waals surface area contributed by atoms with Gasteiger partial charge in [0.1, 0.15) is 0 Å². The molecule has 0 bridgehead atoms. The van der Waals surface area contributed by atoms with Gasteiger partial charge in [-0.25, -0.2) is 0 Å².